The molecule has 0 saturated carbocycles. The van der Waals surface area contributed by atoms with E-state index >= 15 is 0 Å². The highest BCUT2D eigenvalue weighted by Crippen LogP contribution is 2.37. The number of likely N-dealkylation sites (tertiary alicyclic amines) is 1. The summed E-state index contributed by atoms with van der Waals surface area (Å²) in [6.07, 6.45) is 4.61. The number of amides is 1. The van der Waals surface area contributed by atoms with Gasteiger partial charge in [0.2, 0.25) is 0 Å². The number of aromatic amines is 1. The Morgan fingerprint density at radius 3 is 2.73 bits per heavy atom. The minimum absolute atomic E-state index is 0.0736. The zero-order chi connectivity index (χ0) is 21.4. The van der Waals surface area contributed by atoms with Gasteiger partial charge in [0.15, 0.2) is 5.76 Å². The van der Waals surface area contributed by atoms with E-state index in [4.69, 9.17) is 9.51 Å². The topological polar surface area (TPSA) is 101 Å². The van der Waals surface area contributed by atoms with Gasteiger partial charge >= 0.3 is 0 Å². The van der Waals surface area contributed by atoms with Crippen molar-refractivity contribution >= 4 is 5.91 Å². The molecule has 1 N–H and O–H groups in total. The molecule has 0 aromatic carbocycles. The molecule has 0 bridgehead atoms. The van der Waals surface area contributed by atoms with E-state index in [9.17, 15) is 4.79 Å². The maximum atomic E-state index is 13.4. The lowest BCUT2D eigenvalue weighted by molar-refractivity contribution is 0.0600. The predicted octanol–water partition coefficient (Wildman–Crippen LogP) is 4.27. The third-order valence-corrected chi connectivity index (χ3v) is 5.86. The Morgan fingerprint density at radius 2 is 2.07 bits per heavy atom. The third kappa shape index (κ3) is 3.62. The average Bonchev–Trinajstić information content (AvgIpc) is 3.36. The van der Waals surface area contributed by atoms with Gasteiger partial charge in [-0.1, -0.05) is 19.0 Å². The van der Waals surface area contributed by atoms with Crippen molar-refractivity contribution in [1.29, 1.82) is 0 Å². The van der Waals surface area contributed by atoms with Crippen molar-refractivity contribution in [2.45, 2.75) is 65.8 Å². The summed E-state index contributed by atoms with van der Waals surface area (Å²) in [6, 6.07) is 1.70. The maximum absolute atomic E-state index is 13.4. The Morgan fingerprint density at radius 1 is 1.27 bits per heavy atom. The van der Waals surface area contributed by atoms with Gasteiger partial charge in [0.1, 0.15) is 11.5 Å². The highest BCUT2D eigenvalue weighted by atomic mass is 16.5. The molecule has 3 aromatic heterocycles. The molecule has 1 fully saturated rings. The van der Waals surface area contributed by atoms with Gasteiger partial charge in [0.05, 0.1) is 23.0 Å². The van der Waals surface area contributed by atoms with Crippen LogP contribution in [0.1, 0.15) is 84.0 Å². The van der Waals surface area contributed by atoms with Crippen LogP contribution in [0.5, 0.6) is 0 Å². The highest BCUT2D eigenvalue weighted by Gasteiger charge is 2.34. The molecule has 1 aliphatic heterocycles. The molecule has 30 heavy (non-hydrogen) atoms. The van der Waals surface area contributed by atoms with E-state index in [0.717, 1.165) is 47.5 Å². The Bertz CT molecular complexity index is 1070. The van der Waals surface area contributed by atoms with Crippen molar-refractivity contribution in [2.24, 2.45) is 0 Å². The molecule has 3 aromatic rings. The second kappa shape index (κ2) is 8.01. The summed E-state index contributed by atoms with van der Waals surface area (Å²) >= 11 is 0. The second-order valence-electron chi connectivity index (χ2n) is 8.31. The number of rotatable bonds is 4. The monoisotopic (exact) mass is 408 g/mol. The SMILES string of the molecule is Cc1ncc(-c2onc(C)c2C)c([C@@H]2CCCCN2C(=O)c2cc(C(C)C)[nH]n2)n1. The number of carbonyl (C=O) groups excluding carboxylic acids is 1. The summed E-state index contributed by atoms with van der Waals surface area (Å²) in [4.78, 5) is 24.4. The number of nitrogens with one attached hydrogen (secondary N) is 1. The number of hydrogen-bond donors (Lipinski definition) is 1. The zero-order valence-corrected chi connectivity index (χ0v) is 18.2. The van der Waals surface area contributed by atoms with Crippen molar-refractivity contribution in [3.05, 3.63) is 46.4 Å². The van der Waals surface area contributed by atoms with E-state index in [1.54, 1.807) is 6.20 Å². The zero-order valence-electron chi connectivity index (χ0n) is 18.2. The van der Waals surface area contributed by atoms with Crippen LogP contribution < -0.4 is 0 Å². The third-order valence-electron chi connectivity index (χ3n) is 5.86. The summed E-state index contributed by atoms with van der Waals surface area (Å²) < 4.78 is 5.61. The van der Waals surface area contributed by atoms with Crippen LogP contribution in [0.3, 0.4) is 0 Å². The quantitative estimate of drug-likeness (QED) is 0.692. The number of piperidine rings is 1. The van der Waals surface area contributed by atoms with Crippen molar-refractivity contribution in [1.82, 2.24) is 30.2 Å². The molecule has 0 aliphatic carbocycles. The summed E-state index contributed by atoms with van der Waals surface area (Å²) in [5, 5.41) is 11.4. The Hall–Kier alpha value is -3.03. The van der Waals surface area contributed by atoms with Crippen LogP contribution in [0.25, 0.3) is 11.3 Å². The number of H-pyrrole nitrogens is 1. The smallest absolute Gasteiger partial charge is 0.274 e. The van der Waals surface area contributed by atoms with Crippen LogP contribution in [0.2, 0.25) is 0 Å². The lowest BCUT2D eigenvalue weighted by Crippen LogP contribution is -2.39. The van der Waals surface area contributed by atoms with Crippen LogP contribution in [-0.4, -0.2) is 42.7 Å². The standard InChI is InChI=1S/C22H28N6O2/c1-12(2)17-10-18(26-25-17)22(29)28-9-7-6-8-19(28)20-16(11-23-15(5)24-20)21-13(3)14(4)27-30-21/h10-12,19H,6-9H2,1-5H3,(H,25,26)/t19-/m0/s1. The average molecular weight is 409 g/mol. The molecule has 1 atom stereocenters. The summed E-state index contributed by atoms with van der Waals surface area (Å²) in [5.74, 6) is 1.55. The summed E-state index contributed by atoms with van der Waals surface area (Å²) in [6.45, 7) is 10.6. The van der Waals surface area contributed by atoms with Gasteiger partial charge < -0.3 is 9.42 Å². The van der Waals surface area contributed by atoms with E-state index in [-0.39, 0.29) is 17.9 Å². The number of aryl methyl sites for hydroxylation is 2. The number of hydrogen-bond acceptors (Lipinski definition) is 6. The second-order valence-corrected chi connectivity index (χ2v) is 8.31. The van der Waals surface area contributed by atoms with Crippen molar-refractivity contribution in [3.8, 4) is 11.3 Å². The van der Waals surface area contributed by atoms with E-state index in [1.807, 2.05) is 31.7 Å². The van der Waals surface area contributed by atoms with E-state index in [2.05, 4.69) is 34.2 Å². The van der Waals surface area contributed by atoms with Crippen molar-refractivity contribution < 1.29 is 9.32 Å². The Balaban J connectivity index is 1.75. The van der Waals surface area contributed by atoms with Crippen molar-refractivity contribution in [3.63, 3.8) is 0 Å². The molecule has 1 saturated heterocycles. The molecule has 1 aliphatic rings. The number of nitrogens with zero attached hydrogens (tertiary/aromatic N) is 5. The minimum atomic E-state index is -0.160. The van der Waals surface area contributed by atoms with E-state index in [1.165, 1.54) is 0 Å². The van der Waals surface area contributed by atoms with Crippen LogP contribution in [0, 0.1) is 20.8 Å². The Labute approximate surface area is 176 Å². The van der Waals surface area contributed by atoms with Gasteiger partial charge in [-0.3, -0.25) is 9.89 Å². The fourth-order valence-corrected chi connectivity index (χ4v) is 3.93. The molecule has 0 radical (unpaired) electrons. The van der Waals surface area contributed by atoms with E-state index in [0.29, 0.717) is 23.8 Å². The molecule has 0 unspecified atom stereocenters. The van der Waals surface area contributed by atoms with Crippen LogP contribution >= 0.6 is 0 Å². The first kappa shape index (κ1) is 20.3. The van der Waals surface area contributed by atoms with Gasteiger partial charge in [-0.2, -0.15) is 5.10 Å². The fraction of sp³-hybridized carbons (Fsp3) is 0.500. The van der Waals surface area contributed by atoms with Crippen LogP contribution in [0.4, 0.5) is 0 Å². The summed E-state index contributed by atoms with van der Waals surface area (Å²) in [7, 11) is 0. The van der Waals surface area contributed by atoms with Gasteiger partial charge in [-0.25, -0.2) is 9.97 Å². The minimum Gasteiger partial charge on any atom is -0.356 e. The molecule has 8 heteroatoms. The molecule has 8 nitrogen and oxygen atoms in total. The summed E-state index contributed by atoms with van der Waals surface area (Å²) in [5.41, 5.74) is 4.82. The van der Waals surface area contributed by atoms with Crippen LogP contribution in [0.15, 0.2) is 16.8 Å². The highest BCUT2D eigenvalue weighted by molar-refractivity contribution is 5.93. The van der Waals surface area contributed by atoms with Gasteiger partial charge in [-0.05, 0) is 52.0 Å². The van der Waals surface area contributed by atoms with Gasteiger partial charge in [-0.15, -0.1) is 0 Å². The lowest BCUT2D eigenvalue weighted by Gasteiger charge is -2.35. The number of aromatic nitrogens is 5. The van der Waals surface area contributed by atoms with E-state index < -0.39 is 0 Å². The normalized spacial score (nSPS) is 17.0. The molecule has 158 valence electrons. The fourth-order valence-electron chi connectivity index (χ4n) is 3.93. The first-order valence-corrected chi connectivity index (χ1v) is 10.5. The van der Waals surface area contributed by atoms with Gasteiger partial charge in [0.25, 0.3) is 5.91 Å². The molecule has 4 heterocycles. The molecular formula is C22H28N6O2. The Kier molecular flexibility index (Phi) is 5.40. The first-order chi connectivity index (χ1) is 14.4. The lowest BCUT2D eigenvalue weighted by atomic mass is 9.94. The molecular weight excluding hydrogens is 380 g/mol. The predicted molar refractivity (Wildman–Crippen MR) is 112 cm³/mol. The molecule has 1 amide bonds. The largest absolute Gasteiger partial charge is 0.356 e. The number of carbonyl (C=O) groups is 1. The molecule has 0 spiro atoms. The van der Waals surface area contributed by atoms with Crippen molar-refractivity contribution in [2.75, 3.05) is 6.54 Å². The van der Waals surface area contributed by atoms with Crippen LogP contribution in [-0.2, 0) is 0 Å². The molecule has 4 rings (SSSR count). The maximum Gasteiger partial charge on any atom is 0.274 e. The van der Waals surface area contributed by atoms with Gasteiger partial charge in [0, 0.05) is 24.0 Å². The first-order valence-electron chi connectivity index (χ1n) is 10.5.